The van der Waals surface area contributed by atoms with E-state index in [4.69, 9.17) is 0 Å². The van der Waals surface area contributed by atoms with Gasteiger partial charge in [0.1, 0.15) is 0 Å². The average Bonchev–Trinajstić information content (AvgIpc) is 2.92. The molecule has 2 N–H and O–H groups in total. The first-order chi connectivity index (χ1) is 6.33. The van der Waals surface area contributed by atoms with E-state index in [2.05, 4.69) is 5.32 Å². The Morgan fingerprint density at radius 3 is 2.08 bits per heavy atom. The van der Waals surface area contributed by atoms with E-state index >= 15 is 0 Å². The highest BCUT2D eigenvalue weighted by molar-refractivity contribution is 4.96. The molecule has 0 aromatic carbocycles. The van der Waals surface area contributed by atoms with Gasteiger partial charge in [0.05, 0.1) is 6.10 Å². The quantitative estimate of drug-likeness (QED) is 0.673. The largest absolute Gasteiger partial charge is 0.393 e. The third-order valence-corrected chi connectivity index (χ3v) is 4.10. The number of hydrogen-bond acceptors (Lipinski definition) is 2. The second kappa shape index (κ2) is 2.96. The summed E-state index contributed by atoms with van der Waals surface area (Å²) in [5, 5.41) is 13.7. The number of nitrogens with one attached hydrogen (secondary N) is 1. The van der Waals surface area contributed by atoms with Gasteiger partial charge < -0.3 is 10.4 Å². The molecular weight excluding hydrogens is 162 g/mol. The average molecular weight is 181 g/mol. The van der Waals surface area contributed by atoms with Gasteiger partial charge in [-0.05, 0) is 50.4 Å². The van der Waals surface area contributed by atoms with Crippen molar-refractivity contribution in [2.24, 2.45) is 11.8 Å². The molecule has 1 aliphatic carbocycles. The SMILES string of the molecule is OC(C1CC1)C1CC2CCC(C1)N2. The highest BCUT2D eigenvalue weighted by Crippen LogP contribution is 2.41. The fourth-order valence-electron chi connectivity index (χ4n) is 3.20. The minimum absolute atomic E-state index is 0.0326. The molecule has 0 amide bonds. The lowest BCUT2D eigenvalue weighted by Gasteiger charge is -2.32. The Kier molecular flexibility index (Phi) is 1.88. The van der Waals surface area contributed by atoms with Gasteiger partial charge in [-0.1, -0.05) is 0 Å². The molecule has 2 saturated heterocycles. The van der Waals surface area contributed by atoms with E-state index in [1.54, 1.807) is 0 Å². The summed E-state index contributed by atoms with van der Waals surface area (Å²) < 4.78 is 0. The van der Waals surface area contributed by atoms with Gasteiger partial charge in [-0.25, -0.2) is 0 Å². The van der Waals surface area contributed by atoms with E-state index in [9.17, 15) is 5.11 Å². The van der Waals surface area contributed by atoms with Crippen LogP contribution in [0.5, 0.6) is 0 Å². The summed E-state index contributed by atoms with van der Waals surface area (Å²) in [4.78, 5) is 0. The van der Waals surface area contributed by atoms with Crippen LogP contribution in [0.1, 0.15) is 38.5 Å². The van der Waals surface area contributed by atoms with Gasteiger partial charge in [-0.3, -0.25) is 0 Å². The molecule has 3 atom stereocenters. The van der Waals surface area contributed by atoms with E-state index < -0.39 is 0 Å². The zero-order valence-corrected chi connectivity index (χ0v) is 8.08. The number of aliphatic hydroxyl groups excluding tert-OH is 1. The summed E-state index contributed by atoms with van der Waals surface area (Å²) in [5.74, 6) is 1.29. The molecule has 0 radical (unpaired) electrons. The molecule has 3 unspecified atom stereocenters. The van der Waals surface area contributed by atoms with Crippen molar-refractivity contribution in [3.05, 3.63) is 0 Å². The zero-order valence-electron chi connectivity index (χ0n) is 8.08. The molecular formula is C11H19NO. The van der Waals surface area contributed by atoms with Crippen molar-refractivity contribution in [3.63, 3.8) is 0 Å². The van der Waals surface area contributed by atoms with Crippen LogP contribution in [0.2, 0.25) is 0 Å². The van der Waals surface area contributed by atoms with E-state index in [0.29, 0.717) is 11.8 Å². The van der Waals surface area contributed by atoms with Crippen molar-refractivity contribution >= 4 is 0 Å². The van der Waals surface area contributed by atoms with Crippen LogP contribution in [-0.2, 0) is 0 Å². The second-order valence-corrected chi connectivity index (χ2v) is 5.20. The topological polar surface area (TPSA) is 32.3 Å². The van der Waals surface area contributed by atoms with Crippen LogP contribution >= 0.6 is 0 Å². The lowest BCUT2D eigenvalue weighted by molar-refractivity contribution is 0.0585. The Morgan fingerprint density at radius 2 is 1.54 bits per heavy atom. The molecule has 0 aromatic heterocycles. The predicted molar refractivity (Wildman–Crippen MR) is 51.4 cm³/mol. The summed E-state index contributed by atoms with van der Waals surface area (Å²) in [5.41, 5.74) is 0. The smallest absolute Gasteiger partial charge is 0.0597 e. The zero-order chi connectivity index (χ0) is 8.84. The Labute approximate surface area is 79.7 Å². The number of aliphatic hydroxyl groups is 1. The predicted octanol–water partition coefficient (Wildman–Crippen LogP) is 1.29. The molecule has 3 fully saturated rings. The van der Waals surface area contributed by atoms with Crippen LogP contribution in [0, 0.1) is 11.8 Å². The van der Waals surface area contributed by atoms with E-state index in [1.807, 2.05) is 0 Å². The molecule has 3 rings (SSSR count). The molecule has 13 heavy (non-hydrogen) atoms. The van der Waals surface area contributed by atoms with Crippen molar-refractivity contribution < 1.29 is 5.11 Å². The van der Waals surface area contributed by atoms with Gasteiger partial charge in [0, 0.05) is 12.1 Å². The summed E-state index contributed by atoms with van der Waals surface area (Å²) in [6, 6.07) is 1.47. The Bertz CT molecular complexity index is 190. The van der Waals surface area contributed by atoms with Gasteiger partial charge in [0.2, 0.25) is 0 Å². The summed E-state index contributed by atoms with van der Waals surface area (Å²) in [7, 11) is 0. The second-order valence-electron chi connectivity index (χ2n) is 5.20. The summed E-state index contributed by atoms with van der Waals surface area (Å²) in [6.45, 7) is 0. The van der Waals surface area contributed by atoms with E-state index in [-0.39, 0.29) is 6.10 Å². The molecule has 2 nitrogen and oxygen atoms in total. The van der Waals surface area contributed by atoms with Crippen molar-refractivity contribution in [1.29, 1.82) is 0 Å². The lowest BCUT2D eigenvalue weighted by Crippen LogP contribution is -2.42. The third-order valence-electron chi connectivity index (χ3n) is 4.10. The highest BCUT2D eigenvalue weighted by atomic mass is 16.3. The number of hydrogen-bond donors (Lipinski definition) is 2. The van der Waals surface area contributed by atoms with Crippen molar-refractivity contribution in [2.75, 3.05) is 0 Å². The Hall–Kier alpha value is -0.0800. The maximum absolute atomic E-state index is 10.0. The maximum atomic E-state index is 10.0. The molecule has 2 heterocycles. The monoisotopic (exact) mass is 181 g/mol. The van der Waals surface area contributed by atoms with Crippen LogP contribution in [-0.4, -0.2) is 23.3 Å². The fourth-order valence-corrected chi connectivity index (χ4v) is 3.20. The maximum Gasteiger partial charge on any atom is 0.0597 e. The molecule has 2 aliphatic heterocycles. The summed E-state index contributed by atoms with van der Waals surface area (Å²) >= 11 is 0. The van der Waals surface area contributed by atoms with Crippen molar-refractivity contribution in [3.8, 4) is 0 Å². The third kappa shape index (κ3) is 1.50. The summed E-state index contributed by atoms with van der Waals surface area (Å²) in [6.07, 6.45) is 7.74. The standard InChI is InChI=1S/C11H19NO/c13-11(7-1-2-7)8-5-9-3-4-10(6-8)12-9/h7-13H,1-6H2. The van der Waals surface area contributed by atoms with Gasteiger partial charge in [-0.2, -0.15) is 0 Å². The fraction of sp³-hybridized carbons (Fsp3) is 1.00. The molecule has 3 aliphatic rings. The molecule has 0 spiro atoms. The minimum Gasteiger partial charge on any atom is -0.393 e. The Balaban J connectivity index is 1.64. The first-order valence-electron chi connectivity index (χ1n) is 5.77. The molecule has 2 bridgehead atoms. The van der Waals surface area contributed by atoms with Crippen LogP contribution in [0.3, 0.4) is 0 Å². The molecule has 1 saturated carbocycles. The molecule has 0 aromatic rings. The van der Waals surface area contributed by atoms with Gasteiger partial charge >= 0.3 is 0 Å². The van der Waals surface area contributed by atoms with E-state index in [0.717, 1.165) is 12.1 Å². The van der Waals surface area contributed by atoms with Gasteiger partial charge in [0.25, 0.3) is 0 Å². The van der Waals surface area contributed by atoms with Gasteiger partial charge in [-0.15, -0.1) is 0 Å². The highest BCUT2D eigenvalue weighted by Gasteiger charge is 2.41. The Morgan fingerprint density at radius 1 is 0.923 bits per heavy atom. The molecule has 74 valence electrons. The van der Waals surface area contributed by atoms with Crippen molar-refractivity contribution in [1.82, 2.24) is 5.32 Å². The first kappa shape index (κ1) is 8.25. The van der Waals surface area contributed by atoms with Crippen LogP contribution in [0.4, 0.5) is 0 Å². The van der Waals surface area contributed by atoms with E-state index in [1.165, 1.54) is 38.5 Å². The van der Waals surface area contributed by atoms with Gasteiger partial charge in [0.15, 0.2) is 0 Å². The first-order valence-corrected chi connectivity index (χ1v) is 5.77. The van der Waals surface area contributed by atoms with Crippen LogP contribution < -0.4 is 5.32 Å². The molecule has 2 heteroatoms. The normalized spacial score (nSPS) is 46.4. The van der Waals surface area contributed by atoms with Crippen LogP contribution in [0.25, 0.3) is 0 Å². The lowest BCUT2D eigenvalue weighted by atomic mass is 9.86. The number of rotatable bonds is 2. The number of piperidine rings is 1. The van der Waals surface area contributed by atoms with Crippen molar-refractivity contribution in [2.45, 2.75) is 56.7 Å². The minimum atomic E-state index is 0.0326. The van der Waals surface area contributed by atoms with Crippen LogP contribution in [0.15, 0.2) is 0 Å². The number of fused-ring (bicyclic) bond motifs is 2.